The highest BCUT2D eigenvalue weighted by Gasteiger charge is 2.16. The van der Waals surface area contributed by atoms with E-state index in [0.29, 0.717) is 17.5 Å². The third kappa shape index (κ3) is 2.46. The fourth-order valence-electron chi connectivity index (χ4n) is 1.46. The molecule has 1 aromatic carbocycles. The molecule has 6 nitrogen and oxygen atoms in total. The average molecular weight is 269 g/mol. The molecule has 0 radical (unpaired) electrons. The number of aromatic nitrogens is 1. The van der Waals surface area contributed by atoms with Crippen molar-refractivity contribution in [1.29, 1.82) is 0 Å². The third-order valence-electron chi connectivity index (χ3n) is 2.46. The highest BCUT2D eigenvalue weighted by Crippen LogP contribution is 2.23. The van der Waals surface area contributed by atoms with Gasteiger partial charge in [0, 0.05) is 6.54 Å². The monoisotopic (exact) mass is 269 g/mol. The zero-order chi connectivity index (χ0) is 13.3. The van der Waals surface area contributed by atoms with Gasteiger partial charge in [-0.3, -0.25) is 0 Å². The number of fused-ring (bicyclic) bond motifs is 1. The summed E-state index contributed by atoms with van der Waals surface area (Å²) in [7, 11) is -3.52. The van der Waals surface area contributed by atoms with Crippen LogP contribution < -0.4 is 10.5 Å². The van der Waals surface area contributed by atoms with E-state index in [4.69, 9.17) is 10.3 Å². The summed E-state index contributed by atoms with van der Waals surface area (Å²) >= 11 is 0. The van der Waals surface area contributed by atoms with E-state index in [9.17, 15) is 8.42 Å². The first kappa shape index (κ1) is 12.8. The van der Waals surface area contributed by atoms with Gasteiger partial charge in [-0.25, -0.2) is 13.1 Å². The maximum Gasteiger partial charge on any atom is 0.240 e. The molecule has 98 valence electrons. The number of hydrogen-bond donors (Lipinski definition) is 2. The molecule has 0 unspecified atom stereocenters. The Labute approximate surface area is 105 Å². The Balaban J connectivity index is 2.38. The number of nitrogens with zero attached hydrogens (tertiary/aromatic N) is 1. The second-order valence-corrected chi connectivity index (χ2v) is 6.24. The first-order valence-electron chi connectivity index (χ1n) is 5.55. The van der Waals surface area contributed by atoms with Crippen LogP contribution in [-0.2, 0) is 10.0 Å². The van der Waals surface area contributed by atoms with Crippen LogP contribution in [0, 0.1) is 5.92 Å². The Morgan fingerprint density at radius 3 is 2.83 bits per heavy atom. The first-order chi connectivity index (χ1) is 8.40. The van der Waals surface area contributed by atoms with Crippen LogP contribution in [0.3, 0.4) is 0 Å². The number of benzene rings is 1. The van der Waals surface area contributed by atoms with Gasteiger partial charge in [0.25, 0.3) is 0 Å². The molecule has 0 spiro atoms. The lowest BCUT2D eigenvalue weighted by atomic mass is 10.2. The summed E-state index contributed by atoms with van der Waals surface area (Å²) in [6.07, 6.45) is 0. The lowest BCUT2D eigenvalue weighted by molar-refractivity contribution is 0.460. The summed E-state index contributed by atoms with van der Waals surface area (Å²) in [6.45, 7) is 4.26. The van der Waals surface area contributed by atoms with Crippen molar-refractivity contribution in [2.24, 2.45) is 5.92 Å². The average Bonchev–Trinajstić information content (AvgIpc) is 2.68. The fraction of sp³-hybridized carbons (Fsp3) is 0.364. The lowest BCUT2D eigenvalue weighted by Crippen LogP contribution is -2.27. The van der Waals surface area contributed by atoms with Crippen LogP contribution in [0.2, 0.25) is 0 Å². The number of nitrogens with one attached hydrogen (secondary N) is 1. The Morgan fingerprint density at radius 1 is 1.44 bits per heavy atom. The van der Waals surface area contributed by atoms with E-state index >= 15 is 0 Å². The maximum atomic E-state index is 12.0. The van der Waals surface area contributed by atoms with E-state index in [1.54, 1.807) is 6.07 Å². The van der Waals surface area contributed by atoms with Gasteiger partial charge >= 0.3 is 0 Å². The van der Waals surface area contributed by atoms with Gasteiger partial charge in [0.2, 0.25) is 10.0 Å². The molecular weight excluding hydrogens is 254 g/mol. The molecular formula is C11H15N3O3S. The van der Waals surface area contributed by atoms with Crippen molar-refractivity contribution < 1.29 is 12.9 Å². The highest BCUT2D eigenvalue weighted by molar-refractivity contribution is 7.89. The Hall–Kier alpha value is -1.60. The Morgan fingerprint density at radius 2 is 2.17 bits per heavy atom. The minimum absolute atomic E-state index is 0.158. The van der Waals surface area contributed by atoms with Gasteiger partial charge in [-0.15, -0.1) is 0 Å². The molecule has 1 aromatic heterocycles. The van der Waals surface area contributed by atoms with E-state index in [-0.39, 0.29) is 16.6 Å². The van der Waals surface area contributed by atoms with Gasteiger partial charge < -0.3 is 10.3 Å². The molecule has 2 rings (SSSR count). The largest absolute Gasteiger partial charge is 0.380 e. The highest BCUT2D eigenvalue weighted by atomic mass is 32.2. The molecule has 1 heterocycles. The van der Waals surface area contributed by atoms with Gasteiger partial charge in [-0.1, -0.05) is 19.0 Å². The van der Waals surface area contributed by atoms with E-state index in [0.717, 1.165) is 0 Å². The van der Waals surface area contributed by atoms with Crippen LogP contribution in [0.15, 0.2) is 27.6 Å². The van der Waals surface area contributed by atoms with Gasteiger partial charge in [-0.05, 0) is 24.1 Å². The standard InChI is InChI=1S/C11H15N3O3S/c1-7(2)6-13-18(15,16)8-3-4-10-9(5-8)11(12)14-17-10/h3-5,7,13H,6H2,1-2H3,(H2,12,14). The van der Waals surface area contributed by atoms with E-state index in [2.05, 4.69) is 9.88 Å². The molecule has 0 aliphatic heterocycles. The van der Waals surface area contributed by atoms with Gasteiger partial charge in [-0.2, -0.15) is 0 Å². The van der Waals surface area contributed by atoms with Crippen molar-refractivity contribution in [3.05, 3.63) is 18.2 Å². The maximum absolute atomic E-state index is 12.0. The summed E-state index contributed by atoms with van der Waals surface area (Å²) in [5.74, 6) is 0.426. The normalized spacial score (nSPS) is 12.4. The predicted molar refractivity (Wildman–Crippen MR) is 68.4 cm³/mol. The second kappa shape index (κ2) is 4.58. The van der Waals surface area contributed by atoms with Crippen LogP contribution in [-0.4, -0.2) is 20.1 Å². The number of hydrogen-bond acceptors (Lipinski definition) is 5. The molecule has 0 bridgehead atoms. The van der Waals surface area contributed by atoms with Gasteiger partial charge in [0.05, 0.1) is 10.3 Å². The predicted octanol–water partition coefficient (Wildman–Crippen LogP) is 1.34. The summed E-state index contributed by atoms with van der Waals surface area (Å²) in [6, 6.07) is 4.47. The molecule has 0 atom stereocenters. The SMILES string of the molecule is CC(C)CNS(=O)(=O)c1ccc2onc(N)c2c1. The van der Waals surface area contributed by atoms with Crippen molar-refractivity contribution in [1.82, 2.24) is 9.88 Å². The molecule has 0 fully saturated rings. The minimum Gasteiger partial charge on any atom is -0.380 e. The first-order valence-corrected chi connectivity index (χ1v) is 7.03. The number of anilines is 1. The molecule has 3 N–H and O–H groups in total. The van der Waals surface area contributed by atoms with Crippen LogP contribution in [0.5, 0.6) is 0 Å². The van der Waals surface area contributed by atoms with Crippen LogP contribution >= 0.6 is 0 Å². The molecule has 0 aliphatic rings. The molecule has 7 heteroatoms. The summed E-state index contributed by atoms with van der Waals surface area (Å²) < 4.78 is 31.5. The Kier molecular flexibility index (Phi) is 3.27. The number of rotatable bonds is 4. The lowest BCUT2D eigenvalue weighted by Gasteiger charge is -2.08. The number of sulfonamides is 1. The van der Waals surface area contributed by atoms with E-state index in [1.807, 2.05) is 13.8 Å². The second-order valence-electron chi connectivity index (χ2n) is 4.47. The minimum atomic E-state index is -3.52. The molecule has 0 aliphatic carbocycles. The van der Waals surface area contributed by atoms with E-state index < -0.39 is 10.0 Å². The zero-order valence-electron chi connectivity index (χ0n) is 10.2. The summed E-state index contributed by atoms with van der Waals surface area (Å²) in [5, 5.41) is 4.08. The van der Waals surface area contributed by atoms with Crippen molar-refractivity contribution in [2.75, 3.05) is 12.3 Å². The summed E-state index contributed by atoms with van der Waals surface area (Å²) in [5.41, 5.74) is 6.06. The smallest absolute Gasteiger partial charge is 0.240 e. The third-order valence-corrected chi connectivity index (χ3v) is 3.88. The van der Waals surface area contributed by atoms with Crippen LogP contribution in [0.4, 0.5) is 5.82 Å². The van der Waals surface area contributed by atoms with Gasteiger partial charge in [0.1, 0.15) is 0 Å². The molecule has 0 saturated carbocycles. The van der Waals surface area contributed by atoms with Crippen molar-refractivity contribution >= 4 is 26.8 Å². The molecule has 0 amide bonds. The quantitative estimate of drug-likeness (QED) is 0.872. The number of nitrogen functional groups attached to an aromatic ring is 1. The molecule has 2 aromatic rings. The van der Waals surface area contributed by atoms with Crippen LogP contribution in [0.25, 0.3) is 11.0 Å². The zero-order valence-corrected chi connectivity index (χ0v) is 11.0. The molecule has 0 saturated heterocycles. The topological polar surface area (TPSA) is 98.2 Å². The van der Waals surface area contributed by atoms with Crippen molar-refractivity contribution in [2.45, 2.75) is 18.7 Å². The Bertz CT molecular complexity index is 661. The molecule has 18 heavy (non-hydrogen) atoms. The van der Waals surface area contributed by atoms with E-state index in [1.165, 1.54) is 12.1 Å². The summed E-state index contributed by atoms with van der Waals surface area (Å²) in [4.78, 5) is 0.158. The van der Waals surface area contributed by atoms with Crippen molar-refractivity contribution in [3.8, 4) is 0 Å². The van der Waals surface area contributed by atoms with Gasteiger partial charge in [0.15, 0.2) is 11.4 Å². The fourth-order valence-corrected chi connectivity index (χ4v) is 2.70. The van der Waals surface area contributed by atoms with Crippen molar-refractivity contribution in [3.63, 3.8) is 0 Å². The number of nitrogens with two attached hydrogens (primary N) is 1. The van der Waals surface area contributed by atoms with Crippen LogP contribution in [0.1, 0.15) is 13.8 Å².